The maximum absolute atomic E-state index is 8.32. The van der Waals surface area contributed by atoms with Crippen LogP contribution in [0.3, 0.4) is 0 Å². The monoisotopic (exact) mass is 557 g/mol. The molecular weight excluding hydrogens is 522 g/mol. The van der Waals surface area contributed by atoms with E-state index in [1.54, 1.807) is 0 Å². The molecule has 1 saturated carbocycles. The molecule has 0 bridgehead atoms. The number of azide groups is 1. The quantitative estimate of drug-likeness (QED) is 0.0675. The van der Waals surface area contributed by atoms with E-state index in [-0.39, 0.29) is 5.54 Å². The second kappa shape index (κ2) is 12.1. The van der Waals surface area contributed by atoms with Gasteiger partial charge in [0.2, 0.25) is 0 Å². The number of unbranched alkanes of at least 4 members (excludes halogenated alkanes) is 6. The van der Waals surface area contributed by atoms with Gasteiger partial charge in [-0.05, 0) is 68.0 Å². The van der Waals surface area contributed by atoms with E-state index in [9.17, 15) is 0 Å². The number of hydrogen-bond acceptors (Lipinski definition) is 5. The topological polar surface area (TPSA) is 110 Å². The Morgan fingerprint density at radius 1 is 0.952 bits per heavy atom. The Balaban J connectivity index is 1.21. The molecule has 9 heteroatoms. The zero-order chi connectivity index (χ0) is 28.9. The van der Waals surface area contributed by atoms with Crippen molar-refractivity contribution in [3.63, 3.8) is 0 Å². The average molecular weight is 558 g/mol. The Morgan fingerprint density at radius 2 is 1.71 bits per heavy atom. The Hall–Kier alpha value is -4.67. The van der Waals surface area contributed by atoms with Crippen molar-refractivity contribution in [2.75, 3.05) is 6.54 Å². The maximum Gasteiger partial charge on any atom is 0.165 e. The van der Waals surface area contributed by atoms with Crippen LogP contribution in [-0.4, -0.2) is 36.8 Å². The standard InChI is InChI=1S/C33H35N9/c1-24-38-39-32-33(18-19-33)37-31(29-21-27(16-17-30(29)42(24)32)28-22-36-41(2)23-28)26-14-12-25(13-15-26)11-9-7-5-3-4-6-8-10-20-35-40-34/h12-17,21-23H,3-8,10,18-20H2,1-2H3. The molecule has 212 valence electrons. The van der Waals surface area contributed by atoms with Crippen LogP contribution in [0.2, 0.25) is 0 Å². The molecule has 1 aliphatic carbocycles. The highest BCUT2D eigenvalue weighted by molar-refractivity contribution is 6.16. The molecule has 0 radical (unpaired) electrons. The lowest BCUT2D eigenvalue weighted by atomic mass is 9.96. The van der Waals surface area contributed by atoms with Gasteiger partial charge in [-0.2, -0.15) is 5.10 Å². The van der Waals surface area contributed by atoms with Gasteiger partial charge in [-0.15, -0.1) is 10.2 Å². The molecule has 2 aromatic carbocycles. The fourth-order valence-electron chi connectivity index (χ4n) is 5.64. The second-order valence-corrected chi connectivity index (χ2v) is 11.2. The number of nitrogens with zero attached hydrogens (tertiary/aromatic N) is 9. The Kier molecular flexibility index (Phi) is 7.89. The number of benzene rings is 2. The highest BCUT2D eigenvalue weighted by Gasteiger charge is 2.51. The van der Waals surface area contributed by atoms with Crippen molar-refractivity contribution in [2.24, 2.45) is 17.2 Å². The van der Waals surface area contributed by atoms with Gasteiger partial charge >= 0.3 is 0 Å². The molecule has 0 amide bonds. The van der Waals surface area contributed by atoms with Crippen LogP contribution < -0.4 is 0 Å². The molecule has 0 unspecified atom stereocenters. The summed E-state index contributed by atoms with van der Waals surface area (Å²) in [6.07, 6.45) is 13.6. The zero-order valence-electron chi connectivity index (χ0n) is 24.3. The lowest BCUT2D eigenvalue weighted by Gasteiger charge is -2.14. The minimum Gasteiger partial charge on any atom is -0.280 e. The first-order valence-electron chi connectivity index (χ1n) is 14.8. The molecule has 2 aromatic heterocycles. The van der Waals surface area contributed by atoms with E-state index in [4.69, 9.17) is 10.5 Å². The average Bonchev–Trinajstić information content (AvgIpc) is 3.52. The number of aliphatic imine (C=N–C) groups is 1. The SMILES string of the molecule is Cc1nnc2n1-c1ccc(-c3cnn(C)c3)cc1C(c1ccc(C#CCCCCCCCCN=[N+]=[N-])cc1)=NC21CC1. The Morgan fingerprint density at radius 3 is 2.45 bits per heavy atom. The van der Waals surface area contributed by atoms with Crippen molar-refractivity contribution in [1.82, 2.24) is 24.5 Å². The lowest BCUT2D eigenvalue weighted by molar-refractivity contribution is 0.602. The fourth-order valence-corrected chi connectivity index (χ4v) is 5.64. The number of aromatic nitrogens is 5. The summed E-state index contributed by atoms with van der Waals surface area (Å²) in [6, 6.07) is 15.0. The summed E-state index contributed by atoms with van der Waals surface area (Å²) >= 11 is 0. The predicted octanol–water partition coefficient (Wildman–Crippen LogP) is 7.21. The van der Waals surface area contributed by atoms with Crippen LogP contribution in [0.5, 0.6) is 0 Å². The van der Waals surface area contributed by atoms with Gasteiger partial charge in [0.25, 0.3) is 0 Å². The smallest absolute Gasteiger partial charge is 0.165 e. The zero-order valence-corrected chi connectivity index (χ0v) is 24.3. The molecule has 6 rings (SSSR count). The lowest BCUT2D eigenvalue weighted by Crippen LogP contribution is -2.11. The van der Waals surface area contributed by atoms with Gasteiger partial charge in [-0.1, -0.05) is 60.8 Å². The third-order valence-corrected chi connectivity index (χ3v) is 8.09. The van der Waals surface area contributed by atoms with Crippen LogP contribution in [0.25, 0.3) is 27.3 Å². The van der Waals surface area contributed by atoms with E-state index in [1.807, 2.05) is 31.0 Å². The number of fused-ring (bicyclic) bond motifs is 4. The minimum atomic E-state index is -0.326. The molecule has 4 aromatic rings. The van der Waals surface area contributed by atoms with Gasteiger partial charge in [0.05, 0.1) is 17.6 Å². The van der Waals surface area contributed by atoms with Crippen LogP contribution in [-0.2, 0) is 12.6 Å². The summed E-state index contributed by atoms with van der Waals surface area (Å²) in [5, 5.41) is 17.0. The molecule has 42 heavy (non-hydrogen) atoms. The minimum absolute atomic E-state index is 0.326. The molecule has 0 saturated heterocycles. The fraction of sp³-hybridized carbons (Fsp3) is 0.394. The number of aryl methyl sites for hydroxylation is 2. The molecule has 0 atom stereocenters. The van der Waals surface area contributed by atoms with Gasteiger partial charge in [-0.25, -0.2) is 0 Å². The van der Waals surface area contributed by atoms with E-state index in [0.29, 0.717) is 6.54 Å². The van der Waals surface area contributed by atoms with Gasteiger partial charge in [-0.3, -0.25) is 14.2 Å². The van der Waals surface area contributed by atoms with Crippen LogP contribution in [0.15, 0.2) is 65.0 Å². The third kappa shape index (κ3) is 5.72. The number of rotatable bonds is 10. The molecule has 2 aliphatic rings. The largest absolute Gasteiger partial charge is 0.280 e. The highest BCUT2D eigenvalue weighted by atomic mass is 15.3. The predicted molar refractivity (Wildman–Crippen MR) is 165 cm³/mol. The first-order valence-corrected chi connectivity index (χ1v) is 14.8. The van der Waals surface area contributed by atoms with Crippen molar-refractivity contribution in [3.05, 3.63) is 93.6 Å². The highest BCUT2D eigenvalue weighted by Crippen LogP contribution is 2.51. The molecule has 0 N–H and O–H groups in total. The van der Waals surface area contributed by atoms with Gasteiger partial charge < -0.3 is 0 Å². The van der Waals surface area contributed by atoms with Crippen molar-refractivity contribution >= 4 is 5.71 Å². The Bertz CT molecular complexity index is 1720. The number of hydrogen-bond donors (Lipinski definition) is 0. The van der Waals surface area contributed by atoms with Crippen LogP contribution in [0.1, 0.15) is 86.1 Å². The molecule has 3 heterocycles. The van der Waals surface area contributed by atoms with Crippen molar-refractivity contribution in [3.8, 4) is 28.7 Å². The Labute approximate surface area is 246 Å². The molecule has 9 nitrogen and oxygen atoms in total. The van der Waals surface area contributed by atoms with E-state index >= 15 is 0 Å². The molecule has 1 spiro atoms. The van der Waals surface area contributed by atoms with Crippen LogP contribution in [0.4, 0.5) is 0 Å². The second-order valence-electron chi connectivity index (χ2n) is 11.2. The molecular formula is C33H35N9. The van der Waals surface area contributed by atoms with Crippen molar-refractivity contribution in [1.29, 1.82) is 0 Å². The van der Waals surface area contributed by atoms with Gasteiger partial charge in [0.15, 0.2) is 5.82 Å². The molecule has 1 aliphatic heterocycles. The van der Waals surface area contributed by atoms with E-state index in [2.05, 4.69) is 84.2 Å². The first-order chi connectivity index (χ1) is 20.6. The maximum atomic E-state index is 8.32. The first kappa shape index (κ1) is 27.5. The van der Waals surface area contributed by atoms with Gasteiger partial charge in [0, 0.05) is 53.4 Å². The van der Waals surface area contributed by atoms with E-state index < -0.39 is 0 Å². The van der Waals surface area contributed by atoms with Gasteiger partial charge in [0.1, 0.15) is 11.4 Å². The van der Waals surface area contributed by atoms with Crippen molar-refractivity contribution in [2.45, 2.75) is 70.3 Å². The summed E-state index contributed by atoms with van der Waals surface area (Å²) in [5.74, 6) is 8.50. The summed E-state index contributed by atoms with van der Waals surface area (Å²) in [4.78, 5) is 8.20. The third-order valence-electron chi connectivity index (χ3n) is 8.09. The summed E-state index contributed by atoms with van der Waals surface area (Å²) in [5.41, 5.74) is 15.4. The summed E-state index contributed by atoms with van der Waals surface area (Å²) in [6.45, 7) is 2.62. The molecule has 1 fully saturated rings. The summed E-state index contributed by atoms with van der Waals surface area (Å²) in [7, 11) is 1.94. The summed E-state index contributed by atoms with van der Waals surface area (Å²) < 4.78 is 4.02. The normalized spacial score (nSPS) is 14.2. The van der Waals surface area contributed by atoms with Crippen molar-refractivity contribution < 1.29 is 0 Å². The van der Waals surface area contributed by atoms with Crippen LogP contribution >= 0.6 is 0 Å². The van der Waals surface area contributed by atoms with Crippen LogP contribution in [0, 0.1) is 18.8 Å². The van der Waals surface area contributed by atoms with E-state index in [1.165, 1.54) is 19.3 Å². The van der Waals surface area contributed by atoms with E-state index in [0.717, 1.165) is 89.4 Å².